The van der Waals surface area contributed by atoms with E-state index >= 15 is 0 Å². The van der Waals surface area contributed by atoms with Crippen molar-refractivity contribution in [1.82, 2.24) is 5.01 Å². The SMILES string of the molecule is COc1cc(NC2=N[N+]3(N4CCCC(C(=O)O)C4)C=CN=CC3=N2)cc(OC)c1. The second-order valence-corrected chi connectivity index (χ2v) is 6.94. The van der Waals surface area contributed by atoms with E-state index in [4.69, 9.17) is 14.6 Å². The van der Waals surface area contributed by atoms with Crippen molar-refractivity contribution in [2.75, 3.05) is 32.6 Å². The molecule has 0 saturated carbocycles. The number of amidine groups is 1. The highest BCUT2D eigenvalue weighted by Gasteiger charge is 2.48. The first-order chi connectivity index (χ1) is 14.0. The van der Waals surface area contributed by atoms with Gasteiger partial charge in [-0.3, -0.25) is 9.79 Å². The predicted molar refractivity (Wildman–Crippen MR) is 108 cm³/mol. The zero-order valence-corrected chi connectivity index (χ0v) is 16.3. The number of carbonyl (C=O) groups is 1. The van der Waals surface area contributed by atoms with Gasteiger partial charge < -0.3 is 19.9 Å². The van der Waals surface area contributed by atoms with E-state index in [-0.39, 0.29) is 4.70 Å². The lowest BCUT2D eigenvalue weighted by Crippen LogP contribution is -2.60. The Morgan fingerprint density at radius 1 is 1.28 bits per heavy atom. The van der Waals surface area contributed by atoms with Crippen molar-refractivity contribution in [3.8, 4) is 11.5 Å². The number of methoxy groups -OCH3 is 2. The molecular weight excluding hydrogens is 376 g/mol. The maximum atomic E-state index is 11.5. The Kier molecular flexibility index (Phi) is 5.03. The molecule has 29 heavy (non-hydrogen) atoms. The van der Waals surface area contributed by atoms with Gasteiger partial charge in [0, 0.05) is 23.9 Å². The molecule has 2 atom stereocenters. The topological polar surface area (TPSA) is 108 Å². The molecule has 3 aliphatic rings. The van der Waals surface area contributed by atoms with Crippen molar-refractivity contribution >= 4 is 29.7 Å². The number of nitrogens with one attached hydrogen (secondary N) is 1. The first kappa shape index (κ1) is 19.1. The van der Waals surface area contributed by atoms with Gasteiger partial charge in [-0.1, -0.05) is 0 Å². The van der Waals surface area contributed by atoms with E-state index < -0.39 is 11.9 Å². The number of hydrogen-bond acceptors (Lipinski definition) is 8. The first-order valence-electron chi connectivity index (χ1n) is 9.31. The van der Waals surface area contributed by atoms with Crippen molar-refractivity contribution in [3.63, 3.8) is 0 Å². The molecule has 1 fully saturated rings. The summed E-state index contributed by atoms with van der Waals surface area (Å²) in [6.45, 7) is 1.10. The number of aliphatic carboxylic acids is 1. The van der Waals surface area contributed by atoms with Crippen LogP contribution in [0, 0.1) is 5.92 Å². The number of piperidine rings is 1. The highest BCUT2D eigenvalue weighted by molar-refractivity contribution is 6.30. The molecule has 4 rings (SSSR count). The number of carboxylic acids is 1. The molecule has 0 aliphatic carbocycles. The number of fused-ring (bicyclic) bond motifs is 1. The number of ether oxygens (including phenoxy) is 2. The lowest BCUT2D eigenvalue weighted by Gasteiger charge is -2.38. The number of rotatable bonds is 5. The fourth-order valence-corrected chi connectivity index (χ4v) is 3.66. The normalized spacial score (nSPS) is 25.8. The maximum Gasteiger partial charge on any atom is 0.308 e. The molecule has 0 radical (unpaired) electrons. The molecule has 10 heteroatoms. The third-order valence-electron chi connectivity index (χ3n) is 5.14. The van der Waals surface area contributed by atoms with Crippen LogP contribution in [0.3, 0.4) is 0 Å². The highest BCUT2D eigenvalue weighted by atomic mass is 16.5. The van der Waals surface area contributed by atoms with Gasteiger partial charge in [-0.25, -0.2) is 0 Å². The van der Waals surface area contributed by atoms with Crippen molar-refractivity contribution in [1.29, 1.82) is 0 Å². The molecule has 3 heterocycles. The molecule has 0 spiro atoms. The van der Waals surface area contributed by atoms with Crippen LogP contribution in [-0.2, 0) is 4.79 Å². The van der Waals surface area contributed by atoms with Gasteiger partial charge in [0.1, 0.15) is 17.7 Å². The van der Waals surface area contributed by atoms with E-state index in [0.717, 1.165) is 6.42 Å². The lowest BCUT2D eigenvalue weighted by molar-refractivity contribution is -0.919. The minimum Gasteiger partial charge on any atom is -0.497 e. The van der Waals surface area contributed by atoms with Crippen LogP contribution in [0.5, 0.6) is 11.5 Å². The van der Waals surface area contributed by atoms with Crippen LogP contribution in [0.4, 0.5) is 5.69 Å². The van der Waals surface area contributed by atoms with Crippen molar-refractivity contribution < 1.29 is 24.1 Å². The smallest absolute Gasteiger partial charge is 0.308 e. The van der Waals surface area contributed by atoms with Crippen LogP contribution in [-0.4, -0.2) is 66.1 Å². The number of guanidine groups is 1. The molecule has 2 unspecified atom stereocenters. The minimum atomic E-state index is -0.786. The lowest BCUT2D eigenvalue weighted by atomic mass is 9.99. The fraction of sp³-hybridized carbons (Fsp3) is 0.368. The second-order valence-electron chi connectivity index (χ2n) is 6.94. The number of hydrogen-bond donors (Lipinski definition) is 2. The van der Waals surface area contributed by atoms with Gasteiger partial charge in [-0.2, -0.15) is 0 Å². The molecule has 0 aromatic heterocycles. The number of benzene rings is 1. The van der Waals surface area contributed by atoms with Crippen LogP contribution >= 0.6 is 0 Å². The van der Waals surface area contributed by atoms with Crippen LogP contribution in [0.15, 0.2) is 45.7 Å². The van der Waals surface area contributed by atoms with Gasteiger partial charge in [0.05, 0.1) is 39.4 Å². The van der Waals surface area contributed by atoms with E-state index in [0.29, 0.717) is 48.5 Å². The van der Waals surface area contributed by atoms with E-state index in [1.54, 1.807) is 32.7 Å². The number of carboxylic acid groups (broad SMARTS) is 1. The summed E-state index contributed by atoms with van der Waals surface area (Å²) < 4.78 is 10.6. The third-order valence-corrected chi connectivity index (χ3v) is 5.14. The average Bonchev–Trinajstić information content (AvgIpc) is 3.12. The minimum absolute atomic E-state index is 0.0171. The summed E-state index contributed by atoms with van der Waals surface area (Å²) in [5.41, 5.74) is 0.713. The second kappa shape index (κ2) is 7.64. The predicted octanol–water partition coefficient (Wildman–Crippen LogP) is 1.88. The number of aliphatic imine (C=N–C) groups is 2. The summed E-state index contributed by atoms with van der Waals surface area (Å²) in [4.78, 5) is 20.3. The summed E-state index contributed by atoms with van der Waals surface area (Å²) in [7, 11) is 3.17. The van der Waals surface area contributed by atoms with Gasteiger partial charge in [-0.05, 0) is 22.6 Å². The average molecular weight is 399 g/mol. The van der Waals surface area contributed by atoms with Crippen LogP contribution < -0.4 is 14.8 Å². The number of anilines is 1. The Labute approximate surface area is 168 Å². The third kappa shape index (κ3) is 3.59. The summed E-state index contributed by atoms with van der Waals surface area (Å²) in [6, 6.07) is 5.41. The standard InChI is InChI=1S/C19H22N6O4/c1-28-15-8-14(9-16(10-15)29-2)21-19-22-17-11-20-5-7-25(17,23-19)24-6-3-4-13(12-24)18(26)27/h5,7-11,13H,3-4,6,12H2,1-2H3,(H-,21,23,26,27)/p+1. The van der Waals surface area contributed by atoms with Crippen LogP contribution in [0.25, 0.3) is 0 Å². The highest BCUT2D eigenvalue weighted by Crippen LogP contribution is 2.31. The molecule has 0 bridgehead atoms. The van der Waals surface area contributed by atoms with Gasteiger partial charge >= 0.3 is 11.8 Å². The van der Waals surface area contributed by atoms with E-state index in [9.17, 15) is 9.90 Å². The van der Waals surface area contributed by atoms with Crippen molar-refractivity contribution in [2.24, 2.45) is 21.0 Å². The summed E-state index contributed by atoms with van der Waals surface area (Å²) in [5, 5.41) is 19.4. The van der Waals surface area contributed by atoms with Gasteiger partial charge in [0.2, 0.25) is 0 Å². The molecule has 1 saturated heterocycles. The Balaban J connectivity index is 1.64. The monoisotopic (exact) mass is 399 g/mol. The largest absolute Gasteiger partial charge is 0.497 e. The molecule has 10 nitrogen and oxygen atoms in total. The van der Waals surface area contributed by atoms with Gasteiger partial charge in [-0.15, -0.1) is 10.0 Å². The van der Waals surface area contributed by atoms with Crippen LogP contribution in [0.1, 0.15) is 12.8 Å². The first-order valence-corrected chi connectivity index (χ1v) is 9.31. The Morgan fingerprint density at radius 2 is 2.03 bits per heavy atom. The quantitative estimate of drug-likeness (QED) is 0.732. The summed E-state index contributed by atoms with van der Waals surface area (Å²) in [5.74, 6) is 1.07. The number of quaternary nitrogens is 1. The molecule has 0 amide bonds. The number of nitrogens with zero attached hydrogens (tertiary/aromatic N) is 5. The van der Waals surface area contributed by atoms with Gasteiger partial charge in [0.15, 0.2) is 6.20 Å². The van der Waals surface area contributed by atoms with Crippen LogP contribution in [0.2, 0.25) is 0 Å². The Bertz CT molecular complexity index is 918. The van der Waals surface area contributed by atoms with E-state index in [1.807, 2.05) is 23.3 Å². The zero-order chi connectivity index (χ0) is 20.4. The van der Waals surface area contributed by atoms with Crippen molar-refractivity contribution in [2.45, 2.75) is 12.8 Å². The van der Waals surface area contributed by atoms with E-state index in [1.165, 1.54) is 0 Å². The molecule has 152 valence electrons. The summed E-state index contributed by atoms with van der Waals surface area (Å²) >= 11 is 0. The van der Waals surface area contributed by atoms with Gasteiger partial charge in [0.25, 0.3) is 5.96 Å². The summed E-state index contributed by atoms with van der Waals surface area (Å²) in [6.07, 6.45) is 6.55. The van der Waals surface area contributed by atoms with E-state index in [2.05, 4.69) is 15.3 Å². The fourth-order valence-electron chi connectivity index (χ4n) is 3.66. The maximum absolute atomic E-state index is 11.5. The zero-order valence-electron chi connectivity index (χ0n) is 16.3. The molecular formula is C19H23N6O4+. The Morgan fingerprint density at radius 3 is 2.72 bits per heavy atom. The molecule has 1 aromatic carbocycles. The molecule has 2 N–H and O–H groups in total. The Hall–Kier alpha value is -3.24. The molecule has 3 aliphatic heterocycles. The van der Waals surface area contributed by atoms with Crippen molar-refractivity contribution in [3.05, 3.63) is 30.6 Å². The molecule has 1 aromatic rings.